The molecule has 3 amide bonds. The van der Waals surface area contributed by atoms with E-state index in [2.05, 4.69) is 0 Å². The number of ether oxygens (including phenoxy) is 1. The van der Waals surface area contributed by atoms with Crippen LogP contribution in [0.1, 0.15) is 46.4 Å². The van der Waals surface area contributed by atoms with Crippen LogP contribution in [0.3, 0.4) is 0 Å². The van der Waals surface area contributed by atoms with Crippen LogP contribution < -0.4 is 0 Å². The Kier molecular flexibility index (Phi) is 4.30. The normalized spacial score (nSPS) is 28.5. The first kappa shape index (κ1) is 17.5. The number of fused-ring (bicyclic) bond motifs is 2. The summed E-state index contributed by atoms with van der Waals surface area (Å²) >= 11 is 0. The number of nitrogens with zero attached hydrogens (tertiary/aromatic N) is 2. The molecule has 1 saturated heterocycles. The zero-order chi connectivity index (χ0) is 19.1. The predicted molar refractivity (Wildman–Crippen MR) is 94.8 cm³/mol. The molecule has 3 atom stereocenters. The molecule has 0 aliphatic carbocycles. The molecule has 7 nitrogen and oxygen atoms in total. The topological polar surface area (TPSA) is 84.0 Å². The second-order valence-corrected chi connectivity index (χ2v) is 7.00. The Morgan fingerprint density at radius 3 is 2.26 bits per heavy atom. The lowest BCUT2D eigenvalue weighted by atomic mass is 10.0. The number of esters is 1. The van der Waals surface area contributed by atoms with Crippen molar-refractivity contribution in [1.29, 1.82) is 0 Å². The van der Waals surface area contributed by atoms with Crippen molar-refractivity contribution in [2.24, 2.45) is 0 Å². The number of hydrogen-bond acceptors (Lipinski definition) is 5. The van der Waals surface area contributed by atoms with E-state index in [9.17, 15) is 19.2 Å². The third-order valence-electron chi connectivity index (χ3n) is 5.59. The summed E-state index contributed by atoms with van der Waals surface area (Å²) in [6.07, 6.45) is 5.88. The number of carbonyl (C=O) groups excluding carboxylic acids is 4. The highest BCUT2D eigenvalue weighted by Gasteiger charge is 2.48. The summed E-state index contributed by atoms with van der Waals surface area (Å²) < 4.78 is 4.86. The molecule has 3 aliphatic heterocycles. The lowest BCUT2D eigenvalue weighted by Crippen LogP contribution is -2.55. The maximum Gasteiger partial charge on any atom is 0.328 e. The summed E-state index contributed by atoms with van der Waals surface area (Å²) in [7, 11) is 1.30. The second kappa shape index (κ2) is 6.64. The number of methoxy groups -OCH3 is 1. The van der Waals surface area contributed by atoms with Crippen molar-refractivity contribution in [2.75, 3.05) is 7.11 Å². The fourth-order valence-corrected chi connectivity index (χ4v) is 4.27. The van der Waals surface area contributed by atoms with Gasteiger partial charge in [0.15, 0.2) is 0 Å². The van der Waals surface area contributed by atoms with Gasteiger partial charge in [-0.25, -0.2) is 4.79 Å². The van der Waals surface area contributed by atoms with Gasteiger partial charge in [-0.1, -0.05) is 24.3 Å². The van der Waals surface area contributed by atoms with E-state index in [4.69, 9.17) is 4.74 Å². The molecule has 0 aromatic heterocycles. The Balaban J connectivity index is 1.71. The van der Waals surface area contributed by atoms with Crippen LogP contribution in [-0.4, -0.2) is 58.7 Å². The smallest absolute Gasteiger partial charge is 0.328 e. The second-order valence-electron chi connectivity index (χ2n) is 7.00. The van der Waals surface area contributed by atoms with Gasteiger partial charge >= 0.3 is 5.97 Å². The van der Waals surface area contributed by atoms with Crippen molar-refractivity contribution in [3.05, 3.63) is 47.5 Å². The minimum atomic E-state index is -0.957. The predicted octanol–water partition coefficient (Wildman–Crippen LogP) is 1.53. The van der Waals surface area contributed by atoms with Crippen LogP contribution in [0.4, 0.5) is 0 Å². The van der Waals surface area contributed by atoms with E-state index in [0.717, 1.165) is 4.90 Å². The van der Waals surface area contributed by atoms with Gasteiger partial charge in [-0.05, 0) is 37.8 Å². The van der Waals surface area contributed by atoms with Gasteiger partial charge in [-0.2, -0.15) is 0 Å². The molecule has 1 aromatic rings. The summed E-state index contributed by atoms with van der Waals surface area (Å²) in [6, 6.07) is 4.81. The van der Waals surface area contributed by atoms with Gasteiger partial charge in [0.1, 0.15) is 12.1 Å². The molecule has 0 bridgehead atoms. The molecule has 27 heavy (non-hydrogen) atoms. The van der Waals surface area contributed by atoms with E-state index in [1.807, 2.05) is 12.2 Å². The molecule has 0 saturated carbocycles. The molecule has 0 spiro atoms. The highest BCUT2D eigenvalue weighted by Crippen LogP contribution is 2.33. The summed E-state index contributed by atoms with van der Waals surface area (Å²) in [6.45, 7) is 0. The average Bonchev–Trinajstić information content (AvgIpc) is 3.20. The Labute approximate surface area is 156 Å². The first-order chi connectivity index (χ1) is 13.0. The van der Waals surface area contributed by atoms with E-state index in [-0.39, 0.29) is 18.4 Å². The number of benzene rings is 1. The molecule has 4 rings (SSSR count). The Morgan fingerprint density at radius 1 is 1.00 bits per heavy atom. The summed E-state index contributed by atoms with van der Waals surface area (Å²) in [5.74, 6) is -1.76. The van der Waals surface area contributed by atoms with E-state index in [1.54, 1.807) is 24.3 Å². The molecule has 0 radical (unpaired) electrons. The molecular formula is C20H20N2O5. The number of rotatable bonds is 2. The first-order valence-corrected chi connectivity index (χ1v) is 9.06. The lowest BCUT2D eigenvalue weighted by molar-refractivity contribution is -0.153. The van der Waals surface area contributed by atoms with Crippen molar-refractivity contribution in [3.8, 4) is 0 Å². The fourth-order valence-electron chi connectivity index (χ4n) is 4.27. The minimum Gasteiger partial charge on any atom is -0.467 e. The first-order valence-electron chi connectivity index (χ1n) is 9.06. The average molecular weight is 368 g/mol. The zero-order valence-corrected chi connectivity index (χ0v) is 15.0. The number of carbonyl (C=O) groups is 4. The van der Waals surface area contributed by atoms with Gasteiger partial charge < -0.3 is 9.64 Å². The maximum absolute atomic E-state index is 13.4. The standard InChI is InChI=1S/C20H20N2O5/c1-27-20(26)16-11-10-12-6-2-5-9-15(19(25)21(12)16)22-17(23)13-7-3-4-8-14(13)18(22)24/h2-5,7-8,12,15-16H,6,9-11H2,1H3/b5-2-/t12-,15-,16-/m0/s1. The van der Waals surface area contributed by atoms with Crippen LogP contribution in [-0.2, 0) is 14.3 Å². The van der Waals surface area contributed by atoms with Crippen molar-refractivity contribution >= 4 is 23.7 Å². The van der Waals surface area contributed by atoms with Gasteiger partial charge in [0, 0.05) is 6.04 Å². The number of imide groups is 1. The van der Waals surface area contributed by atoms with E-state index in [0.29, 0.717) is 30.4 Å². The van der Waals surface area contributed by atoms with Gasteiger partial charge in [0.2, 0.25) is 5.91 Å². The van der Waals surface area contributed by atoms with Crippen LogP contribution in [0.25, 0.3) is 0 Å². The number of amides is 3. The molecule has 3 heterocycles. The van der Waals surface area contributed by atoms with E-state index >= 15 is 0 Å². The molecule has 1 fully saturated rings. The summed E-state index contributed by atoms with van der Waals surface area (Å²) in [5, 5.41) is 0. The monoisotopic (exact) mass is 368 g/mol. The van der Waals surface area contributed by atoms with Crippen molar-refractivity contribution in [1.82, 2.24) is 9.80 Å². The molecule has 7 heteroatoms. The van der Waals surface area contributed by atoms with Gasteiger partial charge in [0.05, 0.1) is 18.2 Å². The Bertz CT molecular complexity index is 827. The maximum atomic E-state index is 13.4. The highest BCUT2D eigenvalue weighted by molar-refractivity contribution is 6.23. The number of hydrogen-bond donors (Lipinski definition) is 0. The fraction of sp³-hybridized carbons (Fsp3) is 0.400. The molecule has 0 N–H and O–H groups in total. The van der Waals surface area contributed by atoms with Crippen LogP contribution in [0, 0.1) is 0 Å². The van der Waals surface area contributed by atoms with Gasteiger partial charge in [0.25, 0.3) is 11.8 Å². The van der Waals surface area contributed by atoms with Crippen molar-refractivity contribution < 1.29 is 23.9 Å². The van der Waals surface area contributed by atoms with Crippen LogP contribution in [0.5, 0.6) is 0 Å². The SMILES string of the molecule is COC(=O)[C@@H]1CC[C@@H]2C/C=C\C[C@H](N3C(=O)c4ccccc4C3=O)C(=O)N21. The van der Waals surface area contributed by atoms with Crippen molar-refractivity contribution in [3.63, 3.8) is 0 Å². The summed E-state index contributed by atoms with van der Waals surface area (Å²) in [4.78, 5) is 53.8. The van der Waals surface area contributed by atoms with E-state index in [1.165, 1.54) is 12.0 Å². The third kappa shape index (κ3) is 2.65. The quantitative estimate of drug-likeness (QED) is 0.449. The van der Waals surface area contributed by atoms with Crippen molar-refractivity contribution in [2.45, 2.75) is 43.8 Å². The highest BCUT2D eigenvalue weighted by atomic mass is 16.5. The van der Waals surface area contributed by atoms with Gasteiger partial charge in [-0.3, -0.25) is 19.3 Å². The summed E-state index contributed by atoms with van der Waals surface area (Å²) in [5.41, 5.74) is 0.618. The minimum absolute atomic E-state index is 0.129. The van der Waals surface area contributed by atoms with Crippen LogP contribution >= 0.6 is 0 Å². The molecule has 3 aliphatic rings. The molecule has 0 unspecified atom stereocenters. The lowest BCUT2D eigenvalue weighted by Gasteiger charge is -2.35. The molecule has 1 aromatic carbocycles. The van der Waals surface area contributed by atoms with Gasteiger partial charge in [-0.15, -0.1) is 0 Å². The third-order valence-corrected chi connectivity index (χ3v) is 5.59. The van der Waals surface area contributed by atoms with Crippen LogP contribution in [0.2, 0.25) is 0 Å². The molecule has 140 valence electrons. The Morgan fingerprint density at radius 2 is 1.63 bits per heavy atom. The van der Waals surface area contributed by atoms with E-state index < -0.39 is 29.9 Å². The largest absolute Gasteiger partial charge is 0.467 e. The van der Waals surface area contributed by atoms with Crippen LogP contribution in [0.15, 0.2) is 36.4 Å². The Hall–Kier alpha value is -2.96. The molecular weight excluding hydrogens is 348 g/mol. The zero-order valence-electron chi connectivity index (χ0n) is 15.0.